The van der Waals surface area contributed by atoms with Gasteiger partial charge in [0.1, 0.15) is 17.3 Å². The topological polar surface area (TPSA) is 89.0 Å². The van der Waals surface area contributed by atoms with E-state index in [1.165, 1.54) is 37.4 Å². The van der Waals surface area contributed by atoms with Crippen molar-refractivity contribution in [2.75, 3.05) is 19.1 Å². The molecule has 0 saturated carbocycles. The molecule has 0 aliphatic carbocycles. The number of amides is 1. The molecule has 7 nitrogen and oxygen atoms in total. The van der Waals surface area contributed by atoms with E-state index in [-0.39, 0.29) is 27.7 Å². The number of hydrogen-bond acceptors (Lipinski definition) is 6. The molecular formula is C25H20Cl2N2O5. The quantitative estimate of drug-likeness (QED) is 0.290. The van der Waals surface area contributed by atoms with Crippen LogP contribution in [0.15, 0.2) is 60.4 Å². The Morgan fingerprint density at radius 1 is 1.03 bits per heavy atom. The Bertz CT molecular complexity index is 1320. The molecule has 4 rings (SSSR count). The number of carbonyl (C=O) groups excluding carboxylic acids is 2. The zero-order chi connectivity index (χ0) is 24.6. The molecule has 174 valence electrons. The normalized spacial score (nSPS) is 17.2. The largest absolute Gasteiger partial charge is 0.507 e. The number of halogens is 2. The number of pyridine rings is 1. The van der Waals surface area contributed by atoms with E-state index in [4.69, 9.17) is 32.7 Å². The summed E-state index contributed by atoms with van der Waals surface area (Å²) < 4.78 is 10.7. The summed E-state index contributed by atoms with van der Waals surface area (Å²) in [7, 11) is 2.83. The number of nitrogens with zero attached hydrogens (tertiary/aromatic N) is 2. The summed E-state index contributed by atoms with van der Waals surface area (Å²) in [5.41, 5.74) is 1.62. The number of aromatic nitrogens is 1. The van der Waals surface area contributed by atoms with Crippen molar-refractivity contribution in [3.05, 3.63) is 87.2 Å². The molecule has 1 amide bonds. The van der Waals surface area contributed by atoms with E-state index < -0.39 is 23.5 Å². The lowest BCUT2D eigenvalue weighted by molar-refractivity contribution is -0.132. The fourth-order valence-electron chi connectivity index (χ4n) is 3.98. The number of ketones is 1. The molecule has 1 atom stereocenters. The molecule has 0 spiro atoms. The van der Waals surface area contributed by atoms with Crippen molar-refractivity contribution in [3.8, 4) is 11.5 Å². The Labute approximate surface area is 206 Å². The number of rotatable bonds is 5. The second-order valence-corrected chi connectivity index (χ2v) is 8.34. The van der Waals surface area contributed by atoms with Crippen LogP contribution in [-0.2, 0) is 9.59 Å². The highest BCUT2D eigenvalue weighted by Crippen LogP contribution is 2.45. The van der Waals surface area contributed by atoms with Gasteiger partial charge in [-0.15, -0.1) is 0 Å². The maximum Gasteiger partial charge on any atom is 0.300 e. The van der Waals surface area contributed by atoms with E-state index in [0.717, 1.165) is 0 Å². The van der Waals surface area contributed by atoms with Crippen LogP contribution >= 0.6 is 23.2 Å². The number of methoxy groups -OCH3 is 2. The summed E-state index contributed by atoms with van der Waals surface area (Å²) in [5.74, 6) is -1.62. The van der Waals surface area contributed by atoms with Gasteiger partial charge in [-0.3, -0.25) is 19.5 Å². The molecule has 1 unspecified atom stereocenters. The van der Waals surface area contributed by atoms with Gasteiger partial charge in [0.15, 0.2) is 0 Å². The van der Waals surface area contributed by atoms with E-state index in [9.17, 15) is 14.7 Å². The first kappa shape index (κ1) is 23.6. The molecule has 34 heavy (non-hydrogen) atoms. The highest BCUT2D eigenvalue weighted by Gasteiger charge is 2.47. The van der Waals surface area contributed by atoms with Gasteiger partial charge in [0.05, 0.1) is 36.4 Å². The van der Waals surface area contributed by atoms with Gasteiger partial charge in [0, 0.05) is 29.2 Å². The number of anilines is 1. The van der Waals surface area contributed by atoms with Crippen LogP contribution in [0.25, 0.3) is 5.76 Å². The second kappa shape index (κ2) is 9.37. The first-order valence-corrected chi connectivity index (χ1v) is 10.9. The van der Waals surface area contributed by atoms with Gasteiger partial charge in [-0.05, 0) is 42.3 Å². The summed E-state index contributed by atoms with van der Waals surface area (Å²) in [6.45, 7) is 1.75. The van der Waals surface area contributed by atoms with Gasteiger partial charge in [-0.2, -0.15) is 0 Å². The van der Waals surface area contributed by atoms with Gasteiger partial charge >= 0.3 is 0 Å². The minimum atomic E-state index is -0.961. The van der Waals surface area contributed by atoms with Crippen LogP contribution in [0.2, 0.25) is 10.0 Å². The molecule has 9 heteroatoms. The molecule has 1 N–H and O–H groups in total. The number of Topliss-reactive ketones (excluding diaryl/α,β-unsaturated/α-hetero) is 1. The molecule has 2 aromatic carbocycles. The van der Waals surface area contributed by atoms with Crippen LogP contribution in [-0.4, -0.2) is 36.0 Å². The molecule has 1 aliphatic heterocycles. The molecule has 1 saturated heterocycles. The first-order chi connectivity index (χ1) is 16.3. The Hall–Kier alpha value is -3.55. The van der Waals surface area contributed by atoms with E-state index in [1.807, 2.05) is 0 Å². The average molecular weight is 499 g/mol. The van der Waals surface area contributed by atoms with Crippen molar-refractivity contribution in [2.45, 2.75) is 13.0 Å². The SMILES string of the molecule is COc1cc(/C(O)=C2\C(=O)C(=O)N(c3cccc(Cl)c3C)C2c2cccnc2)c(OC)cc1Cl. The fraction of sp³-hybridized carbons (Fsp3) is 0.160. The van der Waals surface area contributed by atoms with E-state index >= 15 is 0 Å². The number of aliphatic hydroxyl groups excluding tert-OH is 1. The summed E-state index contributed by atoms with van der Waals surface area (Å²) in [6, 6.07) is 10.5. The van der Waals surface area contributed by atoms with Gasteiger partial charge in [0.25, 0.3) is 11.7 Å². The van der Waals surface area contributed by atoms with Crippen LogP contribution in [0, 0.1) is 6.92 Å². The second-order valence-electron chi connectivity index (χ2n) is 7.53. The third-order valence-corrected chi connectivity index (χ3v) is 6.38. The van der Waals surface area contributed by atoms with Gasteiger partial charge in [0.2, 0.25) is 0 Å². The predicted octanol–water partition coefficient (Wildman–Crippen LogP) is 5.34. The summed E-state index contributed by atoms with van der Waals surface area (Å²) in [5, 5.41) is 12.1. The van der Waals surface area contributed by atoms with Crippen molar-refractivity contribution in [3.63, 3.8) is 0 Å². The lowest BCUT2D eigenvalue weighted by atomic mass is 9.95. The number of benzene rings is 2. The van der Waals surface area contributed by atoms with Crippen molar-refractivity contribution in [1.29, 1.82) is 0 Å². The molecule has 1 aliphatic rings. The van der Waals surface area contributed by atoms with Gasteiger partial charge < -0.3 is 14.6 Å². The highest BCUT2D eigenvalue weighted by atomic mass is 35.5. The molecular weight excluding hydrogens is 479 g/mol. The Kier molecular flexibility index (Phi) is 6.50. The standard InChI is InChI=1S/C25H20Cl2N2O5/c1-13-16(26)7-4-8-18(13)29-22(14-6-5-9-28-12-14)21(24(31)25(29)32)23(30)15-10-20(34-3)17(27)11-19(15)33-2/h4-12,22,30H,1-3H3/b23-21+. The Morgan fingerprint density at radius 2 is 1.76 bits per heavy atom. The third kappa shape index (κ3) is 3.87. The zero-order valence-corrected chi connectivity index (χ0v) is 20.0. The molecule has 1 aromatic heterocycles. The van der Waals surface area contributed by atoms with Crippen LogP contribution in [0.3, 0.4) is 0 Å². The lowest BCUT2D eigenvalue weighted by Crippen LogP contribution is -2.30. The minimum Gasteiger partial charge on any atom is -0.507 e. The lowest BCUT2D eigenvalue weighted by Gasteiger charge is -2.27. The van der Waals surface area contributed by atoms with Crippen molar-refractivity contribution in [2.24, 2.45) is 0 Å². The van der Waals surface area contributed by atoms with Crippen LogP contribution < -0.4 is 14.4 Å². The van der Waals surface area contributed by atoms with E-state index in [0.29, 0.717) is 21.8 Å². The highest BCUT2D eigenvalue weighted by molar-refractivity contribution is 6.52. The summed E-state index contributed by atoms with van der Waals surface area (Å²) in [4.78, 5) is 32.1. The average Bonchev–Trinajstić information content (AvgIpc) is 3.11. The van der Waals surface area contributed by atoms with E-state index in [2.05, 4.69) is 4.98 Å². The molecule has 3 aromatic rings. The minimum absolute atomic E-state index is 0.125. The van der Waals surface area contributed by atoms with Gasteiger partial charge in [-0.1, -0.05) is 35.3 Å². The predicted molar refractivity (Wildman–Crippen MR) is 130 cm³/mol. The fourth-order valence-corrected chi connectivity index (χ4v) is 4.38. The molecule has 2 heterocycles. The monoisotopic (exact) mass is 498 g/mol. The molecule has 0 bridgehead atoms. The third-order valence-electron chi connectivity index (χ3n) is 5.67. The summed E-state index contributed by atoms with van der Waals surface area (Å²) in [6.07, 6.45) is 3.11. The van der Waals surface area contributed by atoms with E-state index in [1.54, 1.807) is 43.5 Å². The molecule has 1 fully saturated rings. The van der Waals surface area contributed by atoms with Gasteiger partial charge in [-0.25, -0.2) is 0 Å². The van der Waals surface area contributed by atoms with Crippen molar-refractivity contribution < 1.29 is 24.2 Å². The number of ether oxygens (including phenoxy) is 2. The van der Waals surface area contributed by atoms with Crippen LogP contribution in [0.1, 0.15) is 22.7 Å². The first-order valence-electron chi connectivity index (χ1n) is 10.2. The Balaban J connectivity index is 2.02. The zero-order valence-electron chi connectivity index (χ0n) is 18.5. The maximum atomic E-state index is 13.3. The summed E-state index contributed by atoms with van der Waals surface area (Å²) >= 11 is 12.5. The van der Waals surface area contributed by atoms with Crippen LogP contribution in [0.5, 0.6) is 11.5 Å². The number of aliphatic hydroxyl groups is 1. The maximum absolute atomic E-state index is 13.3. The number of hydrogen-bond donors (Lipinski definition) is 1. The molecule has 0 radical (unpaired) electrons. The number of carbonyl (C=O) groups is 2. The van der Waals surface area contributed by atoms with Crippen molar-refractivity contribution in [1.82, 2.24) is 4.98 Å². The smallest absolute Gasteiger partial charge is 0.300 e. The van der Waals surface area contributed by atoms with Crippen molar-refractivity contribution >= 4 is 46.3 Å². The Morgan fingerprint density at radius 3 is 2.41 bits per heavy atom. The van der Waals surface area contributed by atoms with Crippen LogP contribution in [0.4, 0.5) is 5.69 Å².